The van der Waals surface area contributed by atoms with Crippen molar-refractivity contribution in [3.8, 4) is 5.75 Å². The fourth-order valence-electron chi connectivity index (χ4n) is 2.24. The van der Waals surface area contributed by atoms with Crippen LogP contribution in [0.4, 0.5) is 0 Å². The van der Waals surface area contributed by atoms with E-state index in [1.54, 1.807) is 36.4 Å². The average molecular weight is 425 g/mol. The quantitative estimate of drug-likeness (QED) is 0.597. The van der Waals surface area contributed by atoms with E-state index in [0.29, 0.717) is 40.4 Å². The Balaban J connectivity index is 1.93. The molecule has 0 aliphatic rings. The van der Waals surface area contributed by atoms with Crippen molar-refractivity contribution in [3.05, 3.63) is 63.6 Å². The summed E-state index contributed by atoms with van der Waals surface area (Å²) in [6, 6.07) is 12.3. The molecule has 2 aromatic rings. The lowest BCUT2D eigenvalue weighted by molar-refractivity contribution is 0.0972. The molecule has 0 aliphatic heterocycles. The first-order valence-electron chi connectivity index (χ1n) is 8.61. The van der Waals surface area contributed by atoms with Crippen LogP contribution in [0.3, 0.4) is 0 Å². The molecule has 0 fully saturated rings. The van der Waals surface area contributed by atoms with Crippen molar-refractivity contribution in [1.29, 1.82) is 0 Å². The second-order valence-electron chi connectivity index (χ2n) is 6.40. The van der Waals surface area contributed by atoms with Crippen LogP contribution < -0.4 is 15.4 Å². The summed E-state index contributed by atoms with van der Waals surface area (Å²) in [6.45, 7) is 5.18. The van der Waals surface area contributed by atoms with Gasteiger partial charge in [-0.1, -0.05) is 55.2 Å². The zero-order chi connectivity index (χ0) is 19.8. The first-order valence-corrected chi connectivity index (χ1v) is 9.78. The smallest absolute Gasteiger partial charge is 0.261 e. The molecule has 1 amide bonds. The SMILES string of the molecule is CC(C)CCOc1ccccc1C(=O)NC(=S)NCc1ccc(Cl)cc1Cl. The van der Waals surface area contributed by atoms with Crippen LogP contribution >= 0.6 is 35.4 Å². The van der Waals surface area contributed by atoms with Crippen molar-refractivity contribution in [1.82, 2.24) is 10.6 Å². The van der Waals surface area contributed by atoms with Gasteiger partial charge in [0.1, 0.15) is 5.75 Å². The van der Waals surface area contributed by atoms with Gasteiger partial charge in [-0.3, -0.25) is 10.1 Å². The molecule has 0 radical (unpaired) electrons. The summed E-state index contributed by atoms with van der Waals surface area (Å²) in [4.78, 5) is 12.5. The Labute approximate surface area is 175 Å². The third-order valence-electron chi connectivity index (χ3n) is 3.77. The van der Waals surface area contributed by atoms with Crippen molar-refractivity contribution in [2.45, 2.75) is 26.8 Å². The zero-order valence-corrected chi connectivity index (χ0v) is 17.5. The number of para-hydroxylation sites is 1. The fraction of sp³-hybridized carbons (Fsp3) is 0.300. The van der Waals surface area contributed by atoms with Gasteiger partial charge in [0.25, 0.3) is 5.91 Å². The summed E-state index contributed by atoms with van der Waals surface area (Å²) in [5, 5.41) is 6.95. The number of hydrogen-bond donors (Lipinski definition) is 2. The van der Waals surface area contributed by atoms with E-state index >= 15 is 0 Å². The Bertz CT molecular complexity index is 812. The van der Waals surface area contributed by atoms with Crippen molar-refractivity contribution in [3.63, 3.8) is 0 Å². The lowest BCUT2D eigenvalue weighted by Crippen LogP contribution is -2.39. The number of carbonyl (C=O) groups is 1. The van der Waals surface area contributed by atoms with Gasteiger partial charge in [-0.25, -0.2) is 0 Å². The number of amides is 1. The molecule has 0 saturated heterocycles. The average Bonchev–Trinajstić information content (AvgIpc) is 2.61. The summed E-state index contributed by atoms with van der Waals surface area (Å²) in [5.41, 5.74) is 1.27. The van der Waals surface area contributed by atoms with Crippen LogP contribution in [0.5, 0.6) is 5.75 Å². The molecule has 2 rings (SSSR count). The standard InChI is InChI=1S/C20H22Cl2N2O2S/c1-13(2)9-10-26-18-6-4-3-5-16(18)19(25)24-20(27)23-12-14-7-8-15(21)11-17(14)22/h3-8,11,13H,9-10,12H2,1-2H3,(H2,23,24,25,27). The molecular weight excluding hydrogens is 403 g/mol. The number of ether oxygens (including phenoxy) is 1. The molecule has 27 heavy (non-hydrogen) atoms. The molecule has 144 valence electrons. The number of halogens is 2. The van der Waals surface area contributed by atoms with Gasteiger partial charge in [0, 0.05) is 16.6 Å². The number of nitrogens with one attached hydrogen (secondary N) is 2. The maximum absolute atomic E-state index is 12.5. The maximum Gasteiger partial charge on any atom is 0.261 e. The van der Waals surface area contributed by atoms with E-state index in [2.05, 4.69) is 24.5 Å². The Kier molecular flexibility index (Phi) is 8.35. The van der Waals surface area contributed by atoms with Gasteiger partial charge in [0.2, 0.25) is 0 Å². The first kappa shape index (κ1) is 21.5. The summed E-state index contributed by atoms with van der Waals surface area (Å²) in [6.07, 6.45) is 0.914. The highest BCUT2D eigenvalue weighted by atomic mass is 35.5. The predicted octanol–water partition coefficient (Wildman–Crippen LogP) is 5.22. The van der Waals surface area contributed by atoms with Crippen LogP contribution in [-0.2, 0) is 6.54 Å². The van der Waals surface area contributed by atoms with Gasteiger partial charge >= 0.3 is 0 Å². The van der Waals surface area contributed by atoms with Gasteiger partial charge in [-0.05, 0) is 54.4 Å². The third kappa shape index (κ3) is 7.01. The van der Waals surface area contributed by atoms with E-state index in [0.717, 1.165) is 12.0 Å². The van der Waals surface area contributed by atoms with Crippen molar-refractivity contribution < 1.29 is 9.53 Å². The molecule has 4 nitrogen and oxygen atoms in total. The molecule has 0 heterocycles. The Hall–Kier alpha value is -1.82. The Morgan fingerprint density at radius 3 is 2.63 bits per heavy atom. The number of benzene rings is 2. The fourth-order valence-corrected chi connectivity index (χ4v) is 2.88. The minimum absolute atomic E-state index is 0.211. The largest absolute Gasteiger partial charge is 0.493 e. The second-order valence-corrected chi connectivity index (χ2v) is 7.65. The first-order chi connectivity index (χ1) is 12.9. The summed E-state index contributed by atoms with van der Waals surface area (Å²) in [7, 11) is 0. The normalized spacial score (nSPS) is 10.6. The second kappa shape index (κ2) is 10.5. The van der Waals surface area contributed by atoms with Crippen molar-refractivity contribution in [2.24, 2.45) is 5.92 Å². The summed E-state index contributed by atoms with van der Waals surface area (Å²) in [5.74, 6) is 0.747. The van der Waals surface area contributed by atoms with Gasteiger partial charge in [0.15, 0.2) is 5.11 Å². The Morgan fingerprint density at radius 2 is 1.93 bits per heavy atom. The van der Waals surface area contributed by atoms with Crippen LogP contribution in [-0.4, -0.2) is 17.6 Å². The van der Waals surface area contributed by atoms with E-state index in [9.17, 15) is 4.79 Å². The highest BCUT2D eigenvalue weighted by Crippen LogP contribution is 2.21. The molecule has 0 aliphatic carbocycles. The van der Waals surface area contributed by atoms with E-state index in [-0.39, 0.29) is 11.0 Å². The lowest BCUT2D eigenvalue weighted by atomic mass is 10.1. The molecule has 2 aromatic carbocycles. The van der Waals surface area contributed by atoms with Gasteiger partial charge in [-0.2, -0.15) is 0 Å². The molecule has 0 unspecified atom stereocenters. The lowest BCUT2D eigenvalue weighted by Gasteiger charge is -2.14. The van der Waals surface area contributed by atoms with E-state index in [1.807, 2.05) is 6.07 Å². The molecule has 0 saturated carbocycles. The van der Waals surface area contributed by atoms with Gasteiger partial charge in [-0.15, -0.1) is 0 Å². The van der Waals surface area contributed by atoms with E-state index in [1.165, 1.54) is 0 Å². The zero-order valence-electron chi connectivity index (χ0n) is 15.2. The maximum atomic E-state index is 12.5. The monoisotopic (exact) mass is 424 g/mol. The topological polar surface area (TPSA) is 50.4 Å². The van der Waals surface area contributed by atoms with Crippen LogP contribution in [0.15, 0.2) is 42.5 Å². The molecule has 0 atom stereocenters. The number of carbonyl (C=O) groups excluding carboxylic acids is 1. The molecule has 0 bridgehead atoms. The number of thiocarbonyl (C=S) groups is 1. The number of hydrogen-bond acceptors (Lipinski definition) is 3. The van der Waals surface area contributed by atoms with E-state index < -0.39 is 0 Å². The van der Waals surface area contributed by atoms with Crippen LogP contribution in [0.1, 0.15) is 36.2 Å². The predicted molar refractivity (Wildman–Crippen MR) is 115 cm³/mol. The van der Waals surface area contributed by atoms with Crippen molar-refractivity contribution in [2.75, 3.05) is 6.61 Å². The molecule has 0 spiro atoms. The van der Waals surface area contributed by atoms with Crippen molar-refractivity contribution >= 4 is 46.4 Å². The van der Waals surface area contributed by atoms with Gasteiger partial charge < -0.3 is 10.1 Å². The molecular formula is C20H22Cl2N2O2S. The van der Waals surface area contributed by atoms with Crippen LogP contribution in [0.2, 0.25) is 10.0 Å². The van der Waals surface area contributed by atoms with Crippen LogP contribution in [0.25, 0.3) is 0 Å². The Morgan fingerprint density at radius 1 is 1.19 bits per heavy atom. The third-order valence-corrected chi connectivity index (χ3v) is 4.60. The van der Waals surface area contributed by atoms with Gasteiger partial charge in [0.05, 0.1) is 12.2 Å². The minimum atomic E-state index is -0.324. The summed E-state index contributed by atoms with van der Waals surface area (Å²) < 4.78 is 5.75. The van der Waals surface area contributed by atoms with Crippen LogP contribution in [0, 0.1) is 5.92 Å². The highest BCUT2D eigenvalue weighted by Gasteiger charge is 2.14. The summed E-state index contributed by atoms with van der Waals surface area (Å²) >= 11 is 17.2. The number of rotatable bonds is 7. The molecule has 2 N–H and O–H groups in total. The highest BCUT2D eigenvalue weighted by molar-refractivity contribution is 7.80. The molecule has 7 heteroatoms. The van der Waals surface area contributed by atoms with E-state index in [4.69, 9.17) is 40.2 Å². The minimum Gasteiger partial charge on any atom is -0.493 e. The molecule has 0 aromatic heterocycles.